The molecule has 1 unspecified atom stereocenters. The number of rotatable bonds is 3. The maximum absolute atomic E-state index is 6.17. The second-order valence-electron chi connectivity index (χ2n) is 5.38. The van der Waals surface area contributed by atoms with Crippen LogP contribution in [0, 0.1) is 6.92 Å². The zero-order valence-electron chi connectivity index (χ0n) is 11.8. The standard InChI is InChI=1S/C17H20N2O/c1-12-5-2-6-13(19-12)11-20-17-10-4-7-14-15(17)8-3-9-16(14)18/h2,4-7,10,16H,3,8-9,11,18H2,1H3. The fourth-order valence-corrected chi connectivity index (χ4v) is 2.82. The van der Waals surface area contributed by atoms with Gasteiger partial charge in [-0.1, -0.05) is 18.2 Å². The Labute approximate surface area is 119 Å². The number of aromatic nitrogens is 1. The van der Waals surface area contributed by atoms with Gasteiger partial charge in [0.2, 0.25) is 0 Å². The van der Waals surface area contributed by atoms with Gasteiger partial charge in [-0.25, -0.2) is 0 Å². The van der Waals surface area contributed by atoms with Crippen molar-refractivity contribution in [2.24, 2.45) is 5.73 Å². The SMILES string of the molecule is Cc1cccc(COc2cccc3c2CCCC3N)n1. The summed E-state index contributed by atoms with van der Waals surface area (Å²) in [7, 11) is 0. The third-order valence-electron chi connectivity index (χ3n) is 3.83. The van der Waals surface area contributed by atoms with Crippen molar-refractivity contribution in [3.05, 3.63) is 58.9 Å². The molecule has 1 aromatic heterocycles. The fraction of sp³-hybridized carbons (Fsp3) is 0.353. The molecule has 20 heavy (non-hydrogen) atoms. The summed E-state index contributed by atoms with van der Waals surface area (Å²) in [6.45, 7) is 2.50. The van der Waals surface area contributed by atoms with Crippen LogP contribution >= 0.6 is 0 Å². The molecule has 0 aliphatic heterocycles. The highest BCUT2D eigenvalue weighted by molar-refractivity contribution is 5.43. The Morgan fingerprint density at radius 3 is 2.95 bits per heavy atom. The van der Waals surface area contributed by atoms with Crippen LogP contribution in [0.4, 0.5) is 0 Å². The fourth-order valence-electron chi connectivity index (χ4n) is 2.82. The minimum atomic E-state index is 0.152. The number of fused-ring (bicyclic) bond motifs is 1. The van der Waals surface area contributed by atoms with Crippen LogP contribution < -0.4 is 10.5 Å². The highest BCUT2D eigenvalue weighted by atomic mass is 16.5. The van der Waals surface area contributed by atoms with Crippen molar-refractivity contribution >= 4 is 0 Å². The molecule has 2 aromatic rings. The lowest BCUT2D eigenvalue weighted by Gasteiger charge is -2.24. The molecule has 0 spiro atoms. The first kappa shape index (κ1) is 13.1. The third-order valence-corrected chi connectivity index (χ3v) is 3.83. The van der Waals surface area contributed by atoms with Crippen molar-refractivity contribution in [3.8, 4) is 5.75 Å². The lowest BCUT2D eigenvalue weighted by molar-refractivity contribution is 0.295. The van der Waals surface area contributed by atoms with Crippen LogP contribution in [-0.4, -0.2) is 4.98 Å². The Morgan fingerprint density at radius 1 is 1.25 bits per heavy atom. The first-order valence-corrected chi connectivity index (χ1v) is 7.17. The van der Waals surface area contributed by atoms with Gasteiger partial charge in [0, 0.05) is 11.7 Å². The van der Waals surface area contributed by atoms with Gasteiger partial charge in [-0.15, -0.1) is 0 Å². The van der Waals surface area contributed by atoms with Gasteiger partial charge < -0.3 is 10.5 Å². The molecule has 1 aliphatic carbocycles. The van der Waals surface area contributed by atoms with Gasteiger partial charge in [0.1, 0.15) is 12.4 Å². The van der Waals surface area contributed by atoms with Gasteiger partial charge in [0.15, 0.2) is 0 Å². The van der Waals surface area contributed by atoms with Gasteiger partial charge in [-0.2, -0.15) is 0 Å². The summed E-state index contributed by atoms with van der Waals surface area (Å²) in [4.78, 5) is 4.47. The Morgan fingerprint density at radius 2 is 2.10 bits per heavy atom. The minimum Gasteiger partial charge on any atom is -0.487 e. The zero-order chi connectivity index (χ0) is 13.9. The van der Waals surface area contributed by atoms with Crippen molar-refractivity contribution < 1.29 is 4.74 Å². The molecule has 104 valence electrons. The molecular formula is C17H20N2O. The van der Waals surface area contributed by atoms with Gasteiger partial charge >= 0.3 is 0 Å². The third kappa shape index (κ3) is 2.68. The number of hydrogen-bond donors (Lipinski definition) is 1. The summed E-state index contributed by atoms with van der Waals surface area (Å²) < 4.78 is 5.98. The smallest absolute Gasteiger partial charge is 0.130 e. The van der Waals surface area contributed by atoms with E-state index in [2.05, 4.69) is 11.1 Å². The van der Waals surface area contributed by atoms with Crippen molar-refractivity contribution in [2.45, 2.75) is 38.8 Å². The van der Waals surface area contributed by atoms with E-state index >= 15 is 0 Å². The van der Waals surface area contributed by atoms with E-state index in [-0.39, 0.29) is 6.04 Å². The van der Waals surface area contributed by atoms with E-state index in [0.29, 0.717) is 6.61 Å². The van der Waals surface area contributed by atoms with E-state index < -0.39 is 0 Å². The number of ether oxygens (including phenoxy) is 1. The first-order valence-electron chi connectivity index (χ1n) is 7.17. The number of pyridine rings is 1. The van der Waals surface area contributed by atoms with E-state index in [0.717, 1.165) is 36.4 Å². The molecule has 0 saturated carbocycles. The predicted molar refractivity (Wildman–Crippen MR) is 79.6 cm³/mol. The molecule has 3 nitrogen and oxygen atoms in total. The van der Waals surface area contributed by atoms with Crippen LogP contribution in [0.3, 0.4) is 0 Å². The quantitative estimate of drug-likeness (QED) is 0.929. The number of hydrogen-bond acceptors (Lipinski definition) is 3. The maximum atomic E-state index is 6.17. The molecule has 1 heterocycles. The van der Waals surface area contributed by atoms with E-state index in [1.807, 2.05) is 37.3 Å². The van der Waals surface area contributed by atoms with Crippen LogP contribution in [0.5, 0.6) is 5.75 Å². The second-order valence-corrected chi connectivity index (χ2v) is 5.38. The normalized spacial score (nSPS) is 17.6. The van der Waals surface area contributed by atoms with Crippen molar-refractivity contribution in [2.75, 3.05) is 0 Å². The van der Waals surface area contributed by atoms with Crippen molar-refractivity contribution in [1.29, 1.82) is 0 Å². The van der Waals surface area contributed by atoms with Gasteiger partial charge in [-0.3, -0.25) is 4.98 Å². The average molecular weight is 268 g/mol. The van der Waals surface area contributed by atoms with Crippen LogP contribution in [0.1, 0.15) is 41.4 Å². The molecule has 2 N–H and O–H groups in total. The number of aryl methyl sites for hydroxylation is 1. The van der Waals surface area contributed by atoms with Crippen LogP contribution in [0.15, 0.2) is 36.4 Å². The molecule has 0 fully saturated rings. The van der Waals surface area contributed by atoms with Crippen LogP contribution in [-0.2, 0) is 13.0 Å². The van der Waals surface area contributed by atoms with Crippen LogP contribution in [0.2, 0.25) is 0 Å². The monoisotopic (exact) mass is 268 g/mol. The zero-order valence-corrected chi connectivity index (χ0v) is 11.8. The highest BCUT2D eigenvalue weighted by Gasteiger charge is 2.19. The van der Waals surface area contributed by atoms with E-state index in [1.54, 1.807) is 0 Å². The van der Waals surface area contributed by atoms with Gasteiger partial charge in [0.25, 0.3) is 0 Å². The highest BCUT2D eigenvalue weighted by Crippen LogP contribution is 2.34. The number of nitrogens with zero attached hydrogens (tertiary/aromatic N) is 1. The first-order chi connectivity index (χ1) is 9.74. The van der Waals surface area contributed by atoms with Gasteiger partial charge in [0.05, 0.1) is 5.69 Å². The summed E-state index contributed by atoms with van der Waals surface area (Å²) in [6.07, 6.45) is 3.26. The lowest BCUT2D eigenvalue weighted by Crippen LogP contribution is -2.18. The van der Waals surface area contributed by atoms with Crippen molar-refractivity contribution in [3.63, 3.8) is 0 Å². The Bertz CT molecular complexity index is 610. The molecule has 0 saturated heterocycles. The molecule has 1 atom stereocenters. The average Bonchev–Trinajstić information content (AvgIpc) is 2.46. The lowest BCUT2D eigenvalue weighted by atomic mass is 9.87. The predicted octanol–water partition coefficient (Wildman–Crippen LogP) is 3.31. The van der Waals surface area contributed by atoms with E-state index in [4.69, 9.17) is 10.5 Å². The number of benzene rings is 1. The molecule has 3 heteroatoms. The molecule has 3 rings (SSSR count). The van der Waals surface area contributed by atoms with Crippen molar-refractivity contribution in [1.82, 2.24) is 4.98 Å². The minimum absolute atomic E-state index is 0.152. The van der Waals surface area contributed by atoms with E-state index in [9.17, 15) is 0 Å². The molecule has 0 bridgehead atoms. The van der Waals surface area contributed by atoms with Crippen LogP contribution in [0.25, 0.3) is 0 Å². The Balaban J connectivity index is 1.80. The Kier molecular flexibility index (Phi) is 3.70. The topological polar surface area (TPSA) is 48.1 Å². The Hall–Kier alpha value is -1.87. The molecule has 0 radical (unpaired) electrons. The summed E-state index contributed by atoms with van der Waals surface area (Å²) >= 11 is 0. The molecule has 1 aromatic carbocycles. The largest absolute Gasteiger partial charge is 0.487 e. The van der Waals surface area contributed by atoms with E-state index in [1.165, 1.54) is 11.1 Å². The molecule has 1 aliphatic rings. The second kappa shape index (κ2) is 5.63. The summed E-state index contributed by atoms with van der Waals surface area (Å²) in [6, 6.07) is 12.3. The summed E-state index contributed by atoms with van der Waals surface area (Å²) in [5, 5.41) is 0. The maximum Gasteiger partial charge on any atom is 0.130 e. The molecular weight excluding hydrogens is 248 g/mol. The van der Waals surface area contributed by atoms with Gasteiger partial charge in [-0.05, 0) is 55.5 Å². The molecule has 0 amide bonds. The summed E-state index contributed by atoms with van der Waals surface area (Å²) in [5.41, 5.74) is 10.7. The summed E-state index contributed by atoms with van der Waals surface area (Å²) in [5.74, 6) is 0.959. The number of nitrogens with two attached hydrogens (primary N) is 1.